The molecule has 16 heavy (non-hydrogen) atoms. The highest BCUT2D eigenvalue weighted by molar-refractivity contribution is 5.73. The number of carbonyl (C=O) groups is 1. The molecule has 0 bridgehead atoms. The smallest absolute Gasteiger partial charge is 0.317 e. The fraction of sp³-hybridized carbons (Fsp3) is 0.917. The van der Waals surface area contributed by atoms with Crippen LogP contribution in [0.3, 0.4) is 0 Å². The Kier molecular flexibility index (Phi) is 5.60. The van der Waals surface area contributed by atoms with Gasteiger partial charge in [0, 0.05) is 26.2 Å². The Morgan fingerprint density at radius 1 is 1.31 bits per heavy atom. The van der Waals surface area contributed by atoms with E-state index in [-0.39, 0.29) is 6.03 Å². The Bertz CT molecular complexity index is 212. The van der Waals surface area contributed by atoms with Gasteiger partial charge in [0.05, 0.1) is 0 Å². The Morgan fingerprint density at radius 2 is 1.94 bits per heavy atom. The molecule has 0 atom stereocenters. The predicted molar refractivity (Wildman–Crippen MR) is 66.6 cm³/mol. The third-order valence-corrected chi connectivity index (χ3v) is 3.46. The summed E-state index contributed by atoms with van der Waals surface area (Å²) in [5.41, 5.74) is 0. The molecule has 1 aliphatic carbocycles. The number of rotatable bonds is 4. The van der Waals surface area contributed by atoms with E-state index in [1.54, 1.807) is 7.05 Å². The van der Waals surface area contributed by atoms with E-state index in [4.69, 9.17) is 0 Å². The molecule has 0 spiro atoms. The lowest BCUT2D eigenvalue weighted by molar-refractivity contribution is 0.167. The Hall–Kier alpha value is -0.770. The first-order valence-electron chi connectivity index (χ1n) is 6.37. The van der Waals surface area contributed by atoms with Crippen LogP contribution >= 0.6 is 0 Å². The third kappa shape index (κ3) is 3.67. The summed E-state index contributed by atoms with van der Waals surface area (Å²) in [6.07, 6.45) is 5.80. The largest absolute Gasteiger partial charge is 0.341 e. The highest BCUT2D eigenvalue weighted by atomic mass is 16.2. The minimum atomic E-state index is 0.0324. The summed E-state index contributed by atoms with van der Waals surface area (Å²) in [5, 5.41) is 6.23. The lowest BCUT2D eigenvalue weighted by atomic mass is 9.90. The average molecular weight is 227 g/mol. The lowest BCUT2D eigenvalue weighted by Gasteiger charge is -2.34. The van der Waals surface area contributed by atoms with Crippen molar-refractivity contribution in [3.05, 3.63) is 0 Å². The molecule has 1 aliphatic rings. The number of carbonyl (C=O) groups excluding carboxylic acids is 1. The monoisotopic (exact) mass is 227 g/mol. The number of amides is 2. The van der Waals surface area contributed by atoms with E-state index < -0.39 is 0 Å². The molecular formula is C12H25N3O. The molecular weight excluding hydrogens is 202 g/mol. The van der Waals surface area contributed by atoms with Gasteiger partial charge in [0.15, 0.2) is 0 Å². The van der Waals surface area contributed by atoms with Crippen molar-refractivity contribution in [2.24, 2.45) is 0 Å². The van der Waals surface area contributed by atoms with Crippen molar-refractivity contribution >= 4 is 6.03 Å². The molecule has 0 aromatic heterocycles. The first-order valence-corrected chi connectivity index (χ1v) is 6.37. The molecule has 0 heterocycles. The van der Waals surface area contributed by atoms with Crippen molar-refractivity contribution in [1.29, 1.82) is 0 Å². The molecule has 0 radical (unpaired) electrons. The van der Waals surface area contributed by atoms with Crippen molar-refractivity contribution in [3.8, 4) is 0 Å². The number of hydrogen-bond donors (Lipinski definition) is 2. The fourth-order valence-corrected chi connectivity index (χ4v) is 2.36. The van der Waals surface area contributed by atoms with E-state index in [1.807, 2.05) is 11.9 Å². The number of nitrogens with zero attached hydrogens (tertiary/aromatic N) is 1. The summed E-state index contributed by atoms with van der Waals surface area (Å²) in [7, 11) is 3.58. The van der Waals surface area contributed by atoms with E-state index in [0.29, 0.717) is 12.1 Å². The Labute approximate surface area is 98.8 Å². The van der Waals surface area contributed by atoms with Crippen LogP contribution in [0.5, 0.6) is 0 Å². The number of hydrogen-bond acceptors (Lipinski definition) is 2. The van der Waals surface area contributed by atoms with Gasteiger partial charge in [-0.25, -0.2) is 4.79 Å². The van der Waals surface area contributed by atoms with E-state index in [9.17, 15) is 4.79 Å². The quantitative estimate of drug-likeness (QED) is 0.765. The first-order chi connectivity index (χ1) is 7.69. The summed E-state index contributed by atoms with van der Waals surface area (Å²) in [6, 6.07) is 1.11. The van der Waals surface area contributed by atoms with Crippen molar-refractivity contribution < 1.29 is 4.79 Å². The second kappa shape index (κ2) is 6.74. The SMILES string of the molecule is CCCNC1CCC(N(C)C(=O)NC)CC1. The maximum Gasteiger partial charge on any atom is 0.317 e. The third-order valence-electron chi connectivity index (χ3n) is 3.46. The van der Waals surface area contributed by atoms with Crippen LogP contribution in [0.1, 0.15) is 39.0 Å². The maximum atomic E-state index is 11.5. The van der Waals surface area contributed by atoms with Crippen molar-refractivity contribution in [2.75, 3.05) is 20.6 Å². The van der Waals surface area contributed by atoms with Gasteiger partial charge in [-0.05, 0) is 38.6 Å². The Balaban J connectivity index is 2.28. The van der Waals surface area contributed by atoms with Crippen LogP contribution in [-0.4, -0.2) is 43.7 Å². The zero-order valence-corrected chi connectivity index (χ0v) is 10.8. The molecule has 2 N–H and O–H groups in total. The predicted octanol–water partition coefficient (Wildman–Crippen LogP) is 1.57. The molecule has 1 fully saturated rings. The lowest BCUT2D eigenvalue weighted by Crippen LogP contribution is -2.46. The van der Waals surface area contributed by atoms with Crippen LogP contribution < -0.4 is 10.6 Å². The topological polar surface area (TPSA) is 44.4 Å². The molecule has 2 amide bonds. The zero-order valence-electron chi connectivity index (χ0n) is 10.8. The van der Waals surface area contributed by atoms with E-state index >= 15 is 0 Å². The highest BCUT2D eigenvalue weighted by Crippen LogP contribution is 2.22. The molecule has 0 unspecified atom stereocenters. The highest BCUT2D eigenvalue weighted by Gasteiger charge is 2.25. The molecule has 4 heteroatoms. The molecule has 4 nitrogen and oxygen atoms in total. The van der Waals surface area contributed by atoms with Gasteiger partial charge in [0.2, 0.25) is 0 Å². The van der Waals surface area contributed by atoms with E-state index in [2.05, 4.69) is 17.6 Å². The summed E-state index contributed by atoms with van der Waals surface area (Å²) in [6.45, 7) is 3.30. The second-order valence-corrected chi connectivity index (χ2v) is 4.63. The van der Waals surface area contributed by atoms with Gasteiger partial charge in [-0.2, -0.15) is 0 Å². The van der Waals surface area contributed by atoms with Gasteiger partial charge in [-0.3, -0.25) is 0 Å². The van der Waals surface area contributed by atoms with E-state index in [1.165, 1.54) is 19.3 Å². The average Bonchev–Trinajstić information content (AvgIpc) is 2.35. The van der Waals surface area contributed by atoms with Crippen LogP contribution in [0.15, 0.2) is 0 Å². The Morgan fingerprint density at radius 3 is 2.44 bits per heavy atom. The molecule has 0 aliphatic heterocycles. The molecule has 0 aromatic carbocycles. The van der Waals surface area contributed by atoms with Crippen LogP contribution in [0, 0.1) is 0 Å². The molecule has 1 saturated carbocycles. The normalized spacial score (nSPS) is 25.2. The van der Waals surface area contributed by atoms with E-state index in [0.717, 1.165) is 19.4 Å². The summed E-state index contributed by atoms with van der Waals surface area (Å²) in [5.74, 6) is 0. The van der Waals surface area contributed by atoms with Gasteiger partial charge in [-0.1, -0.05) is 6.92 Å². The van der Waals surface area contributed by atoms with Gasteiger partial charge in [0.1, 0.15) is 0 Å². The number of nitrogens with one attached hydrogen (secondary N) is 2. The molecule has 0 aromatic rings. The minimum Gasteiger partial charge on any atom is -0.341 e. The van der Waals surface area contributed by atoms with Crippen LogP contribution in [0.4, 0.5) is 4.79 Å². The second-order valence-electron chi connectivity index (χ2n) is 4.63. The van der Waals surface area contributed by atoms with Gasteiger partial charge in [0.25, 0.3) is 0 Å². The minimum absolute atomic E-state index is 0.0324. The zero-order chi connectivity index (χ0) is 12.0. The maximum absolute atomic E-state index is 11.5. The first kappa shape index (κ1) is 13.3. The molecule has 0 saturated heterocycles. The standard InChI is InChI=1S/C12H25N3O/c1-4-9-14-10-5-7-11(8-6-10)15(3)12(16)13-2/h10-11,14H,4-9H2,1-3H3,(H,13,16). The van der Waals surface area contributed by atoms with Gasteiger partial charge in [-0.15, -0.1) is 0 Å². The summed E-state index contributed by atoms with van der Waals surface area (Å²) >= 11 is 0. The van der Waals surface area contributed by atoms with Crippen LogP contribution in [-0.2, 0) is 0 Å². The van der Waals surface area contributed by atoms with Crippen molar-refractivity contribution in [1.82, 2.24) is 15.5 Å². The summed E-state index contributed by atoms with van der Waals surface area (Å²) < 4.78 is 0. The van der Waals surface area contributed by atoms with Crippen LogP contribution in [0.2, 0.25) is 0 Å². The van der Waals surface area contributed by atoms with Crippen LogP contribution in [0.25, 0.3) is 0 Å². The number of urea groups is 1. The summed E-state index contributed by atoms with van der Waals surface area (Å²) in [4.78, 5) is 13.3. The molecule has 94 valence electrons. The van der Waals surface area contributed by atoms with Crippen molar-refractivity contribution in [2.45, 2.75) is 51.1 Å². The van der Waals surface area contributed by atoms with Gasteiger partial charge >= 0.3 is 6.03 Å². The van der Waals surface area contributed by atoms with Crippen molar-refractivity contribution in [3.63, 3.8) is 0 Å². The molecule has 1 rings (SSSR count). The fourth-order valence-electron chi connectivity index (χ4n) is 2.36. The van der Waals surface area contributed by atoms with Gasteiger partial charge < -0.3 is 15.5 Å².